The fourth-order valence-corrected chi connectivity index (χ4v) is 2.55. The van der Waals surface area contributed by atoms with Crippen molar-refractivity contribution in [3.05, 3.63) is 29.3 Å². The molecule has 0 aliphatic heterocycles. The van der Waals surface area contributed by atoms with E-state index in [2.05, 4.69) is 34.6 Å². The molecule has 0 fully saturated rings. The standard InChI is InChI=1S/C15H22N6O3/c1-4-12(5-2)21-10(3)13(7-17-21)15(24)16-6-11-8-20(19-18-11)9-14(22)23/h7-8,12H,4-6,9H2,1-3H3,(H,16,24)(H,22,23). The molecule has 2 rings (SSSR count). The van der Waals surface area contributed by atoms with Crippen LogP contribution >= 0.6 is 0 Å². The second-order valence-electron chi connectivity index (χ2n) is 5.54. The van der Waals surface area contributed by atoms with Crippen LogP contribution in [0.3, 0.4) is 0 Å². The Morgan fingerprint density at radius 2 is 2.04 bits per heavy atom. The molecular weight excluding hydrogens is 312 g/mol. The van der Waals surface area contributed by atoms with E-state index >= 15 is 0 Å². The van der Waals surface area contributed by atoms with Crippen LogP contribution < -0.4 is 5.32 Å². The fourth-order valence-electron chi connectivity index (χ4n) is 2.55. The van der Waals surface area contributed by atoms with Crippen molar-refractivity contribution in [2.45, 2.75) is 52.7 Å². The van der Waals surface area contributed by atoms with E-state index in [1.165, 1.54) is 10.9 Å². The SMILES string of the molecule is CCC(CC)n1ncc(C(=O)NCc2cn(CC(=O)O)nn2)c1C. The number of nitrogens with one attached hydrogen (secondary N) is 1. The summed E-state index contributed by atoms with van der Waals surface area (Å²) < 4.78 is 3.10. The maximum atomic E-state index is 12.3. The van der Waals surface area contributed by atoms with E-state index in [0.29, 0.717) is 11.3 Å². The molecule has 0 aliphatic rings. The van der Waals surface area contributed by atoms with Crippen molar-refractivity contribution in [1.82, 2.24) is 30.1 Å². The molecule has 9 heteroatoms. The molecule has 0 radical (unpaired) electrons. The lowest BCUT2D eigenvalue weighted by molar-refractivity contribution is -0.137. The number of amides is 1. The highest BCUT2D eigenvalue weighted by molar-refractivity contribution is 5.94. The summed E-state index contributed by atoms with van der Waals surface area (Å²) in [6.45, 7) is 5.98. The first-order chi connectivity index (χ1) is 11.5. The van der Waals surface area contributed by atoms with Crippen LogP contribution in [0.5, 0.6) is 0 Å². The molecule has 2 heterocycles. The number of aliphatic carboxylic acids is 1. The van der Waals surface area contributed by atoms with Crippen molar-refractivity contribution < 1.29 is 14.7 Å². The summed E-state index contributed by atoms with van der Waals surface area (Å²) in [4.78, 5) is 22.9. The van der Waals surface area contributed by atoms with Gasteiger partial charge in [-0.2, -0.15) is 5.10 Å². The molecule has 2 aromatic rings. The van der Waals surface area contributed by atoms with Gasteiger partial charge in [0.1, 0.15) is 12.2 Å². The Morgan fingerprint density at radius 3 is 2.67 bits per heavy atom. The third-order valence-electron chi connectivity index (χ3n) is 3.89. The van der Waals surface area contributed by atoms with Crippen LogP contribution in [0, 0.1) is 6.92 Å². The maximum Gasteiger partial charge on any atom is 0.325 e. The Labute approximate surface area is 139 Å². The molecule has 130 valence electrons. The molecule has 0 spiro atoms. The summed E-state index contributed by atoms with van der Waals surface area (Å²) in [5, 5.41) is 23.3. The number of carboxylic acids is 1. The van der Waals surface area contributed by atoms with E-state index in [-0.39, 0.29) is 25.0 Å². The van der Waals surface area contributed by atoms with Gasteiger partial charge in [0.15, 0.2) is 0 Å². The van der Waals surface area contributed by atoms with Gasteiger partial charge < -0.3 is 10.4 Å². The molecule has 0 saturated carbocycles. The van der Waals surface area contributed by atoms with Gasteiger partial charge in [-0.05, 0) is 19.8 Å². The Kier molecular flexibility index (Phi) is 5.67. The molecule has 1 amide bonds. The zero-order chi connectivity index (χ0) is 17.7. The molecule has 0 atom stereocenters. The lowest BCUT2D eigenvalue weighted by Crippen LogP contribution is -2.23. The monoisotopic (exact) mass is 334 g/mol. The average Bonchev–Trinajstić information content (AvgIpc) is 3.13. The second kappa shape index (κ2) is 7.71. The van der Waals surface area contributed by atoms with Crippen molar-refractivity contribution in [2.24, 2.45) is 0 Å². The zero-order valence-corrected chi connectivity index (χ0v) is 14.1. The van der Waals surface area contributed by atoms with E-state index in [1.807, 2.05) is 11.6 Å². The van der Waals surface area contributed by atoms with Gasteiger partial charge >= 0.3 is 5.97 Å². The van der Waals surface area contributed by atoms with Gasteiger partial charge in [-0.15, -0.1) is 5.10 Å². The number of rotatable bonds is 8. The van der Waals surface area contributed by atoms with Crippen LogP contribution in [0.1, 0.15) is 54.5 Å². The Hall–Kier alpha value is -2.71. The minimum atomic E-state index is -1.00. The van der Waals surface area contributed by atoms with E-state index < -0.39 is 5.97 Å². The highest BCUT2D eigenvalue weighted by Crippen LogP contribution is 2.19. The third kappa shape index (κ3) is 3.98. The summed E-state index contributed by atoms with van der Waals surface area (Å²) in [6, 6.07) is 0.280. The van der Waals surface area contributed by atoms with Gasteiger partial charge in [-0.25, -0.2) is 4.68 Å². The van der Waals surface area contributed by atoms with E-state index in [1.54, 1.807) is 6.20 Å². The Balaban J connectivity index is 2.00. The molecule has 24 heavy (non-hydrogen) atoms. The van der Waals surface area contributed by atoms with Gasteiger partial charge in [0.25, 0.3) is 5.91 Å². The summed E-state index contributed by atoms with van der Waals surface area (Å²) in [5.41, 5.74) is 1.85. The lowest BCUT2D eigenvalue weighted by atomic mass is 10.1. The van der Waals surface area contributed by atoms with Crippen LogP contribution in [-0.4, -0.2) is 41.8 Å². The first kappa shape index (κ1) is 17.6. The summed E-state index contributed by atoms with van der Waals surface area (Å²) >= 11 is 0. The number of carbonyl (C=O) groups is 2. The molecule has 0 saturated heterocycles. The highest BCUT2D eigenvalue weighted by Gasteiger charge is 2.18. The van der Waals surface area contributed by atoms with Crippen molar-refractivity contribution in [3.63, 3.8) is 0 Å². The summed E-state index contributed by atoms with van der Waals surface area (Å²) in [7, 11) is 0. The predicted octanol–water partition coefficient (Wildman–Crippen LogP) is 1.16. The zero-order valence-electron chi connectivity index (χ0n) is 14.1. The average molecular weight is 334 g/mol. The quantitative estimate of drug-likeness (QED) is 0.748. The van der Waals surface area contributed by atoms with Gasteiger partial charge in [0, 0.05) is 5.69 Å². The van der Waals surface area contributed by atoms with Crippen molar-refractivity contribution in [2.75, 3.05) is 0 Å². The van der Waals surface area contributed by atoms with Crippen LogP contribution in [0.25, 0.3) is 0 Å². The normalized spacial score (nSPS) is 11.0. The number of carbonyl (C=O) groups excluding carboxylic acids is 1. The number of nitrogens with zero attached hydrogens (tertiary/aromatic N) is 5. The predicted molar refractivity (Wildman–Crippen MR) is 85.4 cm³/mol. The number of hydrogen-bond acceptors (Lipinski definition) is 5. The Bertz CT molecular complexity index is 717. The molecule has 0 aromatic carbocycles. The first-order valence-electron chi connectivity index (χ1n) is 7.89. The van der Waals surface area contributed by atoms with Gasteiger partial charge in [0.05, 0.1) is 30.5 Å². The minimum absolute atomic E-state index is 0.175. The minimum Gasteiger partial charge on any atom is -0.480 e. The summed E-state index contributed by atoms with van der Waals surface area (Å²) in [5.74, 6) is -1.24. The topological polar surface area (TPSA) is 115 Å². The van der Waals surface area contributed by atoms with Gasteiger partial charge in [-0.1, -0.05) is 19.1 Å². The van der Waals surface area contributed by atoms with E-state index in [4.69, 9.17) is 5.11 Å². The lowest BCUT2D eigenvalue weighted by Gasteiger charge is -2.15. The van der Waals surface area contributed by atoms with Crippen LogP contribution in [0.15, 0.2) is 12.4 Å². The smallest absolute Gasteiger partial charge is 0.325 e. The maximum absolute atomic E-state index is 12.3. The highest BCUT2D eigenvalue weighted by atomic mass is 16.4. The number of aromatic nitrogens is 5. The number of carboxylic acid groups (broad SMARTS) is 1. The van der Waals surface area contributed by atoms with Gasteiger partial charge in [-0.3, -0.25) is 14.3 Å². The number of hydrogen-bond donors (Lipinski definition) is 2. The largest absolute Gasteiger partial charge is 0.480 e. The second-order valence-corrected chi connectivity index (χ2v) is 5.54. The van der Waals surface area contributed by atoms with E-state index in [0.717, 1.165) is 18.5 Å². The molecular formula is C15H22N6O3. The summed E-state index contributed by atoms with van der Waals surface area (Å²) in [6.07, 6.45) is 4.97. The van der Waals surface area contributed by atoms with Crippen LogP contribution in [0.2, 0.25) is 0 Å². The molecule has 0 bridgehead atoms. The van der Waals surface area contributed by atoms with Crippen molar-refractivity contribution in [1.29, 1.82) is 0 Å². The Morgan fingerprint density at radius 1 is 1.33 bits per heavy atom. The third-order valence-corrected chi connectivity index (χ3v) is 3.89. The first-order valence-corrected chi connectivity index (χ1v) is 7.89. The molecule has 2 aromatic heterocycles. The van der Waals surface area contributed by atoms with Crippen LogP contribution in [-0.2, 0) is 17.9 Å². The molecule has 9 nitrogen and oxygen atoms in total. The van der Waals surface area contributed by atoms with Gasteiger partial charge in [0.2, 0.25) is 0 Å². The molecule has 0 unspecified atom stereocenters. The van der Waals surface area contributed by atoms with E-state index in [9.17, 15) is 9.59 Å². The van der Waals surface area contributed by atoms with Crippen molar-refractivity contribution in [3.8, 4) is 0 Å². The van der Waals surface area contributed by atoms with Crippen molar-refractivity contribution >= 4 is 11.9 Å². The molecule has 2 N–H and O–H groups in total. The molecule has 0 aliphatic carbocycles. The fraction of sp³-hybridized carbons (Fsp3) is 0.533. The van der Waals surface area contributed by atoms with Crippen LogP contribution in [0.4, 0.5) is 0 Å².